The summed E-state index contributed by atoms with van der Waals surface area (Å²) in [5, 5.41) is 0. The molecule has 0 bridgehead atoms. The maximum Gasteiger partial charge on any atom is 0.410 e. The summed E-state index contributed by atoms with van der Waals surface area (Å²) < 4.78 is 6.68. The topological polar surface area (TPSA) is 32.8 Å². The van der Waals surface area contributed by atoms with Gasteiger partial charge in [-0.1, -0.05) is 28.9 Å². The molecule has 0 aromatic heterocycles. The van der Waals surface area contributed by atoms with E-state index >= 15 is 0 Å². The number of carbonyl (C=O) groups is 1. The van der Waals surface area contributed by atoms with Crippen molar-refractivity contribution in [2.24, 2.45) is 0 Å². The average Bonchev–Trinajstić information content (AvgIpc) is 2.55. The number of ether oxygens (including phenoxy) is 1. The summed E-state index contributed by atoms with van der Waals surface area (Å²) in [5.74, 6) is 0. The number of amides is 1. The molecular formula is C20H31BrN2O2. The highest BCUT2D eigenvalue weighted by Crippen LogP contribution is 2.29. The molecule has 1 heterocycles. The molecule has 0 saturated carbocycles. The van der Waals surface area contributed by atoms with E-state index in [9.17, 15) is 4.79 Å². The Morgan fingerprint density at radius 1 is 1.24 bits per heavy atom. The predicted molar refractivity (Wildman–Crippen MR) is 107 cm³/mol. The first-order chi connectivity index (χ1) is 11.8. The lowest BCUT2D eigenvalue weighted by molar-refractivity contribution is 0.0234. The summed E-state index contributed by atoms with van der Waals surface area (Å²) in [6, 6.07) is 6.36. The van der Waals surface area contributed by atoms with Crippen molar-refractivity contribution >= 4 is 27.7 Å². The minimum Gasteiger partial charge on any atom is -0.444 e. The van der Waals surface area contributed by atoms with Crippen LogP contribution in [0.25, 0.3) is 0 Å². The number of halogens is 1. The van der Waals surface area contributed by atoms with Crippen LogP contribution in [-0.4, -0.2) is 36.2 Å². The minimum absolute atomic E-state index is 0.234. The Labute approximate surface area is 160 Å². The van der Waals surface area contributed by atoms with E-state index in [-0.39, 0.29) is 6.09 Å². The number of hydrogen-bond donors (Lipinski definition) is 0. The molecule has 5 heteroatoms. The Balaban J connectivity index is 2.21. The largest absolute Gasteiger partial charge is 0.444 e. The molecule has 2 rings (SSSR count). The molecule has 0 radical (unpaired) electrons. The smallest absolute Gasteiger partial charge is 0.410 e. The highest BCUT2D eigenvalue weighted by Gasteiger charge is 2.23. The fourth-order valence-electron chi connectivity index (χ4n) is 3.14. The van der Waals surface area contributed by atoms with E-state index < -0.39 is 5.60 Å². The van der Waals surface area contributed by atoms with Gasteiger partial charge < -0.3 is 14.5 Å². The molecule has 1 amide bonds. The van der Waals surface area contributed by atoms with Crippen molar-refractivity contribution in [3.8, 4) is 0 Å². The van der Waals surface area contributed by atoms with Crippen LogP contribution in [0.1, 0.15) is 58.9 Å². The molecule has 1 aromatic carbocycles. The van der Waals surface area contributed by atoms with Crippen molar-refractivity contribution in [2.45, 2.75) is 65.5 Å². The zero-order valence-electron chi connectivity index (χ0n) is 16.0. The maximum atomic E-state index is 12.6. The van der Waals surface area contributed by atoms with Crippen molar-refractivity contribution in [1.29, 1.82) is 0 Å². The molecule has 25 heavy (non-hydrogen) atoms. The fourth-order valence-corrected chi connectivity index (χ4v) is 3.49. The molecule has 0 N–H and O–H groups in total. The van der Waals surface area contributed by atoms with Crippen LogP contribution in [0.2, 0.25) is 0 Å². The third-order valence-corrected chi connectivity index (χ3v) is 4.74. The first-order valence-electron chi connectivity index (χ1n) is 9.31. The van der Waals surface area contributed by atoms with E-state index in [0.717, 1.165) is 24.0 Å². The molecule has 1 aliphatic heterocycles. The fraction of sp³-hybridized carbons (Fsp3) is 0.650. The van der Waals surface area contributed by atoms with Gasteiger partial charge in [0.2, 0.25) is 0 Å². The quantitative estimate of drug-likeness (QED) is 0.634. The van der Waals surface area contributed by atoms with Crippen molar-refractivity contribution in [1.82, 2.24) is 4.90 Å². The van der Waals surface area contributed by atoms with Crippen molar-refractivity contribution in [3.05, 3.63) is 28.2 Å². The Morgan fingerprint density at radius 2 is 1.92 bits per heavy atom. The van der Waals surface area contributed by atoms with Crippen LogP contribution in [-0.2, 0) is 11.3 Å². The second kappa shape index (κ2) is 8.93. The lowest BCUT2D eigenvalue weighted by Gasteiger charge is -2.33. The van der Waals surface area contributed by atoms with Crippen LogP contribution in [0.5, 0.6) is 0 Å². The zero-order chi connectivity index (χ0) is 18.4. The van der Waals surface area contributed by atoms with Crippen LogP contribution in [0.15, 0.2) is 22.7 Å². The van der Waals surface area contributed by atoms with Gasteiger partial charge in [-0.2, -0.15) is 0 Å². The molecule has 1 fully saturated rings. The van der Waals surface area contributed by atoms with Crippen LogP contribution < -0.4 is 4.90 Å². The molecule has 1 aliphatic rings. The number of hydrogen-bond acceptors (Lipinski definition) is 3. The molecule has 0 aliphatic carbocycles. The monoisotopic (exact) mass is 410 g/mol. The predicted octanol–water partition coefficient (Wildman–Crippen LogP) is 5.59. The van der Waals surface area contributed by atoms with Crippen molar-refractivity contribution < 1.29 is 9.53 Å². The van der Waals surface area contributed by atoms with Crippen LogP contribution in [0, 0.1) is 0 Å². The van der Waals surface area contributed by atoms with Gasteiger partial charge in [-0.25, -0.2) is 4.79 Å². The zero-order valence-corrected chi connectivity index (χ0v) is 17.6. The van der Waals surface area contributed by atoms with E-state index in [1.165, 1.54) is 30.5 Å². The molecule has 4 nitrogen and oxygen atoms in total. The Kier molecular flexibility index (Phi) is 7.17. The van der Waals surface area contributed by atoms with Gasteiger partial charge in [-0.05, 0) is 64.2 Å². The van der Waals surface area contributed by atoms with Gasteiger partial charge in [-0.15, -0.1) is 0 Å². The van der Waals surface area contributed by atoms with Crippen LogP contribution in [0.3, 0.4) is 0 Å². The standard InChI is InChI=1S/C20H31BrN2O2/c1-5-11-23(19(24)25-20(2,3)4)15-16-9-10-17(21)14-18(16)22-12-7-6-8-13-22/h9-10,14H,5-8,11-13,15H2,1-4H3. The second-order valence-electron chi connectivity index (χ2n) is 7.72. The van der Waals surface area contributed by atoms with Gasteiger partial charge in [0.15, 0.2) is 0 Å². The summed E-state index contributed by atoms with van der Waals surface area (Å²) in [5.41, 5.74) is 1.95. The van der Waals surface area contributed by atoms with Gasteiger partial charge in [-0.3, -0.25) is 0 Å². The van der Waals surface area contributed by atoms with Crippen LogP contribution in [0.4, 0.5) is 10.5 Å². The van der Waals surface area contributed by atoms with Crippen LogP contribution >= 0.6 is 15.9 Å². The summed E-state index contributed by atoms with van der Waals surface area (Å²) in [7, 11) is 0. The third kappa shape index (κ3) is 6.21. The first kappa shape index (κ1) is 20.1. The molecular weight excluding hydrogens is 380 g/mol. The van der Waals surface area contributed by atoms with Gasteiger partial charge in [0, 0.05) is 29.8 Å². The Hall–Kier alpha value is -1.23. The molecule has 0 atom stereocenters. The van der Waals surface area contributed by atoms with E-state index in [0.29, 0.717) is 13.1 Å². The number of carbonyl (C=O) groups excluding carboxylic acids is 1. The summed E-state index contributed by atoms with van der Waals surface area (Å²) in [6.07, 6.45) is 4.45. The highest BCUT2D eigenvalue weighted by molar-refractivity contribution is 9.10. The number of rotatable bonds is 5. The second-order valence-corrected chi connectivity index (χ2v) is 8.64. The van der Waals surface area contributed by atoms with Gasteiger partial charge in [0.25, 0.3) is 0 Å². The normalized spacial score (nSPS) is 15.2. The molecule has 0 spiro atoms. The molecule has 1 saturated heterocycles. The summed E-state index contributed by atoms with van der Waals surface area (Å²) >= 11 is 3.60. The summed E-state index contributed by atoms with van der Waals surface area (Å²) in [4.78, 5) is 16.9. The number of piperidine rings is 1. The summed E-state index contributed by atoms with van der Waals surface area (Å²) in [6.45, 7) is 11.3. The third-order valence-electron chi connectivity index (χ3n) is 4.25. The molecule has 0 unspecified atom stereocenters. The number of benzene rings is 1. The van der Waals surface area contributed by atoms with E-state index in [1.807, 2.05) is 25.7 Å². The van der Waals surface area contributed by atoms with E-state index in [1.54, 1.807) is 0 Å². The highest BCUT2D eigenvalue weighted by atomic mass is 79.9. The minimum atomic E-state index is -0.474. The maximum absolute atomic E-state index is 12.6. The lowest BCUT2D eigenvalue weighted by atomic mass is 10.1. The van der Waals surface area contributed by atoms with Gasteiger partial charge >= 0.3 is 6.09 Å². The van der Waals surface area contributed by atoms with Gasteiger partial charge in [0.1, 0.15) is 5.60 Å². The van der Waals surface area contributed by atoms with Crippen molar-refractivity contribution in [2.75, 3.05) is 24.5 Å². The SMILES string of the molecule is CCCN(Cc1ccc(Br)cc1N1CCCCC1)C(=O)OC(C)(C)C. The van der Waals surface area contributed by atoms with E-state index in [2.05, 4.69) is 46.0 Å². The van der Waals surface area contributed by atoms with Crippen molar-refractivity contribution in [3.63, 3.8) is 0 Å². The average molecular weight is 411 g/mol. The lowest BCUT2D eigenvalue weighted by Crippen LogP contribution is -2.37. The first-order valence-corrected chi connectivity index (χ1v) is 10.1. The van der Waals surface area contributed by atoms with Gasteiger partial charge in [0.05, 0.1) is 6.54 Å². The molecule has 140 valence electrons. The van der Waals surface area contributed by atoms with E-state index in [4.69, 9.17) is 4.74 Å². The number of nitrogens with zero attached hydrogens (tertiary/aromatic N) is 2. The molecule has 1 aromatic rings. The Morgan fingerprint density at radius 3 is 2.52 bits per heavy atom. The Bertz CT molecular complexity index is 578. The number of anilines is 1.